The van der Waals surface area contributed by atoms with E-state index in [4.69, 9.17) is 0 Å². The van der Waals surface area contributed by atoms with Gasteiger partial charge in [0.05, 0.1) is 13.1 Å². The van der Waals surface area contributed by atoms with Gasteiger partial charge in [-0.15, -0.1) is 0 Å². The number of halogens is 3. The van der Waals surface area contributed by atoms with Crippen LogP contribution in [0.2, 0.25) is 0 Å². The van der Waals surface area contributed by atoms with E-state index in [1.165, 1.54) is 0 Å². The monoisotopic (exact) mass is 274 g/mol. The summed E-state index contributed by atoms with van der Waals surface area (Å²) < 4.78 is 38.1. The van der Waals surface area contributed by atoms with Gasteiger partial charge in [-0.1, -0.05) is 30.3 Å². The summed E-state index contributed by atoms with van der Waals surface area (Å²) in [5.74, 6) is -1.22. The molecule has 1 aliphatic heterocycles. The van der Waals surface area contributed by atoms with Crippen LogP contribution in [0.25, 0.3) is 0 Å². The van der Waals surface area contributed by atoms with Gasteiger partial charge in [-0.25, -0.2) is 0 Å². The number of hydrogen-bond donors (Lipinski definition) is 2. The number of piperidine rings is 1. The number of aliphatic hydroxyl groups is 1. The maximum absolute atomic E-state index is 12.7. The highest BCUT2D eigenvalue weighted by atomic mass is 19.4. The molecule has 5 heteroatoms. The van der Waals surface area contributed by atoms with E-state index >= 15 is 0 Å². The lowest BCUT2D eigenvalue weighted by atomic mass is 9.97. The predicted molar refractivity (Wildman–Crippen MR) is 65.7 cm³/mol. The van der Waals surface area contributed by atoms with Crippen LogP contribution in [0.5, 0.6) is 0 Å². The molecule has 0 amide bonds. The van der Waals surface area contributed by atoms with Gasteiger partial charge in [-0.2, -0.15) is 13.2 Å². The van der Waals surface area contributed by atoms with Crippen LogP contribution in [0.3, 0.4) is 0 Å². The Morgan fingerprint density at radius 1 is 1.26 bits per heavy atom. The first-order valence-electron chi connectivity index (χ1n) is 6.60. The molecule has 1 fully saturated rings. The second kappa shape index (κ2) is 5.92. The molecule has 1 aromatic carbocycles. The molecule has 0 aromatic heterocycles. The predicted octanol–water partition coefficient (Wildman–Crippen LogP) is 1.58. The molecule has 0 saturated carbocycles. The molecule has 2 N–H and O–H groups in total. The summed E-state index contributed by atoms with van der Waals surface area (Å²) in [5.41, 5.74) is 0.768. The highest BCUT2D eigenvalue weighted by molar-refractivity contribution is 5.17. The molecule has 0 bridgehead atoms. The zero-order valence-electron chi connectivity index (χ0n) is 10.7. The Morgan fingerprint density at radius 3 is 2.58 bits per heavy atom. The van der Waals surface area contributed by atoms with E-state index < -0.39 is 18.2 Å². The molecule has 1 aromatic rings. The first-order valence-corrected chi connectivity index (χ1v) is 6.60. The van der Waals surface area contributed by atoms with Crippen molar-refractivity contribution in [3.05, 3.63) is 35.9 Å². The van der Waals surface area contributed by atoms with E-state index in [0.717, 1.165) is 10.5 Å². The third-order valence-electron chi connectivity index (χ3n) is 3.75. The zero-order chi connectivity index (χ0) is 13.9. The number of quaternary nitrogens is 1. The van der Waals surface area contributed by atoms with Crippen molar-refractivity contribution in [1.29, 1.82) is 0 Å². The molecule has 106 valence electrons. The van der Waals surface area contributed by atoms with Crippen LogP contribution in [0.1, 0.15) is 24.5 Å². The van der Waals surface area contributed by atoms with Gasteiger partial charge in [0.15, 0.2) is 0 Å². The van der Waals surface area contributed by atoms with Gasteiger partial charge in [-0.05, 0) is 18.4 Å². The van der Waals surface area contributed by atoms with E-state index in [0.29, 0.717) is 19.5 Å². The van der Waals surface area contributed by atoms with Gasteiger partial charge in [-0.3, -0.25) is 0 Å². The number of benzene rings is 1. The lowest BCUT2D eigenvalue weighted by Gasteiger charge is -2.32. The van der Waals surface area contributed by atoms with Crippen LogP contribution in [0, 0.1) is 5.92 Å². The molecule has 0 spiro atoms. The maximum Gasteiger partial charge on any atom is 0.397 e. The van der Waals surface area contributed by atoms with Crippen molar-refractivity contribution in [3.8, 4) is 0 Å². The lowest BCUT2D eigenvalue weighted by Crippen LogP contribution is -3.14. The van der Waals surface area contributed by atoms with E-state index in [-0.39, 0.29) is 13.0 Å². The van der Waals surface area contributed by atoms with Crippen molar-refractivity contribution in [1.82, 2.24) is 0 Å². The van der Waals surface area contributed by atoms with E-state index in [2.05, 4.69) is 0 Å². The summed E-state index contributed by atoms with van der Waals surface area (Å²) in [6, 6.07) is 9.10. The van der Waals surface area contributed by atoms with Crippen molar-refractivity contribution >= 4 is 0 Å². The summed E-state index contributed by atoms with van der Waals surface area (Å²) in [6.07, 6.45) is -4.01. The third-order valence-corrected chi connectivity index (χ3v) is 3.75. The fraction of sp³-hybridized carbons (Fsp3) is 0.571. The molecular weight excluding hydrogens is 255 g/mol. The highest BCUT2D eigenvalue weighted by Gasteiger charge is 2.44. The van der Waals surface area contributed by atoms with Crippen LogP contribution in [0.4, 0.5) is 13.2 Å². The smallest absolute Gasteiger partial charge is 0.382 e. The molecule has 0 radical (unpaired) electrons. The number of hydrogen-bond acceptors (Lipinski definition) is 1. The molecule has 1 aliphatic rings. The minimum absolute atomic E-state index is 0.0768. The average molecular weight is 274 g/mol. The number of rotatable bonds is 3. The third kappa shape index (κ3) is 3.94. The van der Waals surface area contributed by atoms with Crippen LogP contribution in [-0.4, -0.2) is 30.9 Å². The average Bonchev–Trinajstić information content (AvgIpc) is 2.39. The van der Waals surface area contributed by atoms with Gasteiger partial charge in [0, 0.05) is 0 Å². The Labute approximate surface area is 110 Å². The highest BCUT2D eigenvalue weighted by Crippen LogP contribution is 2.29. The Balaban J connectivity index is 1.92. The van der Waals surface area contributed by atoms with Gasteiger partial charge in [0.25, 0.3) is 0 Å². The van der Waals surface area contributed by atoms with Crippen molar-refractivity contribution in [2.45, 2.75) is 25.1 Å². The molecule has 3 atom stereocenters. The molecule has 19 heavy (non-hydrogen) atoms. The quantitative estimate of drug-likeness (QED) is 0.859. The van der Waals surface area contributed by atoms with Gasteiger partial charge in [0.2, 0.25) is 0 Å². The van der Waals surface area contributed by atoms with E-state index in [9.17, 15) is 18.3 Å². The Bertz CT molecular complexity index is 393. The van der Waals surface area contributed by atoms with Gasteiger partial charge >= 0.3 is 6.18 Å². The van der Waals surface area contributed by atoms with Crippen molar-refractivity contribution < 1.29 is 23.2 Å². The molecule has 2 rings (SSSR count). The second-order valence-electron chi connectivity index (χ2n) is 5.22. The van der Waals surface area contributed by atoms with Crippen molar-refractivity contribution in [2.75, 3.05) is 19.6 Å². The van der Waals surface area contributed by atoms with Gasteiger partial charge < -0.3 is 10.0 Å². The fourth-order valence-corrected chi connectivity index (χ4v) is 2.68. The molecule has 2 nitrogen and oxygen atoms in total. The van der Waals surface area contributed by atoms with Crippen molar-refractivity contribution in [2.24, 2.45) is 5.92 Å². The fourth-order valence-electron chi connectivity index (χ4n) is 2.68. The molecule has 0 aliphatic carbocycles. The number of aliphatic hydroxyl groups excluding tert-OH is 1. The van der Waals surface area contributed by atoms with Gasteiger partial charge in [0.1, 0.15) is 18.6 Å². The molecular formula is C14H19F3NO+. The van der Waals surface area contributed by atoms with Crippen LogP contribution in [-0.2, 0) is 0 Å². The van der Waals surface area contributed by atoms with E-state index in [1.54, 1.807) is 12.1 Å². The SMILES string of the molecule is O[C@@H](C[NH+]1CCC[C@H](C(F)(F)F)C1)c1ccccc1. The minimum atomic E-state index is -4.11. The lowest BCUT2D eigenvalue weighted by molar-refractivity contribution is -0.914. The first-order chi connectivity index (χ1) is 8.97. The zero-order valence-corrected chi connectivity index (χ0v) is 10.7. The summed E-state index contributed by atoms with van der Waals surface area (Å²) in [5, 5.41) is 10.1. The Kier molecular flexibility index (Phi) is 4.47. The topological polar surface area (TPSA) is 24.7 Å². The molecule has 1 unspecified atom stereocenters. The van der Waals surface area contributed by atoms with Crippen LogP contribution >= 0.6 is 0 Å². The summed E-state index contributed by atoms with van der Waals surface area (Å²) in [4.78, 5) is 0.838. The van der Waals surface area contributed by atoms with Crippen LogP contribution in [0.15, 0.2) is 30.3 Å². The maximum atomic E-state index is 12.7. The normalized spacial score (nSPS) is 26.1. The van der Waals surface area contributed by atoms with Crippen molar-refractivity contribution in [3.63, 3.8) is 0 Å². The first kappa shape index (κ1) is 14.3. The Morgan fingerprint density at radius 2 is 1.95 bits per heavy atom. The number of alkyl halides is 3. The number of likely N-dealkylation sites (tertiary alicyclic amines) is 1. The second-order valence-corrected chi connectivity index (χ2v) is 5.22. The molecule has 1 heterocycles. The minimum Gasteiger partial charge on any atom is -0.382 e. The summed E-state index contributed by atoms with van der Waals surface area (Å²) in [6.45, 7) is 1.13. The van der Waals surface area contributed by atoms with E-state index in [1.807, 2.05) is 18.2 Å². The summed E-state index contributed by atoms with van der Waals surface area (Å²) >= 11 is 0. The van der Waals surface area contributed by atoms with Crippen LogP contribution < -0.4 is 4.90 Å². The number of nitrogens with one attached hydrogen (secondary N) is 1. The largest absolute Gasteiger partial charge is 0.397 e. The summed E-state index contributed by atoms with van der Waals surface area (Å²) in [7, 11) is 0. The standard InChI is InChI=1S/C14H18F3NO/c15-14(16,17)12-7-4-8-18(9-12)10-13(19)11-5-2-1-3-6-11/h1-3,5-6,12-13,19H,4,7-10H2/p+1/t12-,13-/m0/s1. The Hall–Kier alpha value is -1.07. The molecule has 1 saturated heterocycles.